The summed E-state index contributed by atoms with van der Waals surface area (Å²) in [5.41, 5.74) is 4.01. The van der Waals surface area contributed by atoms with Gasteiger partial charge in [0.2, 0.25) is 4.77 Å². The first kappa shape index (κ1) is 16.6. The van der Waals surface area contributed by atoms with Gasteiger partial charge in [0.15, 0.2) is 0 Å². The van der Waals surface area contributed by atoms with Crippen molar-refractivity contribution < 1.29 is 4.92 Å². The Morgan fingerprint density at radius 2 is 2.08 bits per heavy atom. The molecule has 0 fully saturated rings. The second kappa shape index (κ2) is 5.87. The Hall–Kier alpha value is -2.81. The summed E-state index contributed by atoms with van der Waals surface area (Å²) in [5.74, 6) is 0.586. The first-order chi connectivity index (χ1) is 12.3. The third-order valence-electron chi connectivity index (χ3n) is 4.79. The molecule has 3 aromatic rings. The van der Waals surface area contributed by atoms with Gasteiger partial charge in [0.1, 0.15) is 6.67 Å². The highest BCUT2D eigenvalue weighted by molar-refractivity contribution is 7.71. The Balaban J connectivity index is 1.78. The Labute approximate surface area is 154 Å². The summed E-state index contributed by atoms with van der Waals surface area (Å²) in [6.07, 6.45) is 0.761. The average molecular weight is 370 g/mol. The molecule has 3 heterocycles. The van der Waals surface area contributed by atoms with Crippen molar-refractivity contribution in [3.8, 4) is 0 Å². The molecule has 26 heavy (non-hydrogen) atoms. The molecule has 0 N–H and O–H groups in total. The van der Waals surface area contributed by atoms with Crippen LogP contribution < -0.4 is 4.90 Å². The lowest BCUT2D eigenvalue weighted by molar-refractivity contribution is -0.384. The van der Waals surface area contributed by atoms with Crippen LogP contribution in [0, 0.1) is 28.7 Å². The molecule has 1 aromatic carbocycles. The van der Waals surface area contributed by atoms with Crippen LogP contribution in [0.1, 0.15) is 23.9 Å². The molecule has 9 heteroatoms. The number of hydrogen-bond acceptors (Lipinski definition) is 6. The maximum absolute atomic E-state index is 11.0. The molecule has 0 bridgehead atoms. The summed E-state index contributed by atoms with van der Waals surface area (Å²) in [6.45, 7) is 6.55. The Morgan fingerprint density at radius 3 is 2.81 bits per heavy atom. The topological polar surface area (TPSA) is 81.5 Å². The number of fused-ring (bicyclic) bond motifs is 2. The number of rotatable bonds is 3. The molecule has 0 radical (unpaired) electrons. The number of aryl methyl sites for hydroxylation is 2. The highest BCUT2D eigenvalue weighted by Crippen LogP contribution is 2.35. The summed E-state index contributed by atoms with van der Waals surface area (Å²) in [5, 5.41) is 11.0. The zero-order valence-corrected chi connectivity index (χ0v) is 15.5. The van der Waals surface area contributed by atoms with Gasteiger partial charge in [-0.25, -0.2) is 14.2 Å². The molecule has 4 rings (SSSR count). The second-order valence-electron chi connectivity index (χ2n) is 6.68. The minimum absolute atomic E-state index is 0.125. The SMILES string of the molecule is Cc1cc(C)n2c(n1)nc(=S)n2CN1c2ccc([N+](=O)[O-])cc2C[C@H]1C. The van der Waals surface area contributed by atoms with E-state index in [0.717, 1.165) is 29.1 Å². The molecule has 1 aliphatic heterocycles. The molecule has 134 valence electrons. The summed E-state index contributed by atoms with van der Waals surface area (Å²) in [7, 11) is 0. The summed E-state index contributed by atoms with van der Waals surface area (Å²) in [4.78, 5) is 21.7. The first-order valence-corrected chi connectivity index (χ1v) is 8.74. The molecule has 0 aliphatic carbocycles. The van der Waals surface area contributed by atoms with Crippen LogP contribution in [0.2, 0.25) is 0 Å². The minimum atomic E-state index is -0.356. The van der Waals surface area contributed by atoms with Crippen LogP contribution in [-0.2, 0) is 13.1 Å². The van der Waals surface area contributed by atoms with Crippen LogP contribution in [0.25, 0.3) is 5.78 Å². The summed E-state index contributed by atoms with van der Waals surface area (Å²) >= 11 is 5.46. The van der Waals surface area contributed by atoms with Gasteiger partial charge in [-0.15, -0.1) is 0 Å². The molecule has 0 saturated carbocycles. The van der Waals surface area contributed by atoms with Gasteiger partial charge in [-0.05, 0) is 57.1 Å². The maximum atomic E-state index is 11.0. The van der Waals surface area contributed by atoms with Crippen molar-refractivity contribution in [3.63, 3.8) is 0 Å². The molecule has 8 nitrogen and oxygen atoms in total. The third kappa shape index (κ3) is 2.55. The number of nitrogens with zero attached hydrogens (tertiary/aromatic N) is 6. The van der Waals surface area contributed by atoms with Crippen molar-refractivity contribution in [2.24, 2.45) is 0 Å². The molecule has 2 aromatic heterocycles. The standard InChI is InChI=1S/C17H18N6O2S/c1-10-6-12(3)22-16(18-10)19-17(26)21(22)9-20-11(2)7-13-8-14(23(24)25)4-5-15(13)20/h4-6,8,11H,7,9H2,1-3H3/t11-/m1/s1. The minimum Gasteiger partial charge on any atom is -0.349 e. The normalized spacial score (nSPS) is 16.3. The predicted molar refractivity (Wildman–Crippen MR) is 100 cm³/mol. The zero-order valence-electron chi connectivity index (χ0n) is 14.7. The Kier molecular flexibility index (Phi) is 3.76. The van der Waals surface area contributed by atoms with Crippen LogP contribution in [0.5, 0.6) is 0 Å². The smallest absolute Gasteiger partial charge is 0.269 e. The van der Waals surface area contributed by atoms with Gasteiger partial charge in [0.05, 0.1) is 4.92 Å². The van der Waals surface area contributed by atoms with Crippen LogP contribution in [0.15, 0.2) is 24.3 Å². The average Bonchev–Trinajstić information content (AvgIpc) is 3.04. The van der Waals surface area contributed by atoms with Crippen molar-refractivity contribution in [1.29, 1.82) is 0 Å². The van der Waals surface area contributed by atoms with Gasteiger partial charge in [-0.3, -0.25) is 10.1 Å². The van der Waals surface area contributed by atoms with Crippen molar-refractivity contribution in [2.75, 3.05) is 4.90 Å². The second-order valence-corrected chi connectivity index (χ2v) is 7.04. The first-order valence-electron chi connectivity index (χ1n) is 8.33. The fourth-order valence-corrected chi connectivity index (χ4v) is 3.86. The van der Waals surface area contributed by atoms with Crippen molar-refractivity contribution in [2.45, 2.75) is 39.9 Å². The molecule has 0 spiro atoms. The number of nitro groups is 1. The van der Waals surface area contributed by atoms with Crippen molar-refractivity contribution >= 4 is 29.4 Å². The Bertz CT molecular complexity index is 1100. The van der Waals surface area contributed by atoms with E-state index in [9.17, 15) is 10.1 Å². The number of aromatic nitrogens is 4. The van der Waals surface area contributed by atoms with E-state index in [1.54, 1.807) is 12.1 Å². The molecular weight excluding hydrogens is 352 g/mol. The van der Waals surface area contributed by atoms with E-state index in [2.05, 4.69) is 21.8 Å². The van der Waals surface area contributed by atoms with Crippen LogP contribution in [-0.4, -0.2) is 30.1 Å². The monoisotopic (exact) mass is 370 g/mol. The fraction of sp³-hybridized carbons (Fsp3) is 0.353. The largest absolute Gasteiger partial charge is 0.349 e. The molecule has 1 aliphatic rings. The molecule has 1 atom stereocenters. The lowest BCUT2D eigenvalue weighted by atomic mass is 10.1. The highest BCUT2D eigenvalue weighted by atomic mass is 32.1. The van der Waals surface area contributed by atoms with E-state index in [1.807, 2.05) is 35.2 Å². The van der Waals surface area contributed by atoms with Crippen molar-refractivity contribution in [1.82, 2.24) is 19.2 Å². The van der Waals surface area contributed by atoms with Gasteiger partial charge < -0.3 is 4.90 Å². The van der Waals surface area contributed by atoms with E-state index < -0.39 is 0 Å². The van der Waals surface area contributed by atoms with Gasteiger partial charge in [0.25, 0.3) is 11.5 Å². The predicted octanol–water partition coefficient (Wildman–Crippen LogP) is 3.19. The van der Waals surface area contributed by atoms with Gasteiger partial charge in [0, 0.05) is 35.2 Å². The fourth-order valence-electron chi connectivity index (χ4n) is 3.64. The van der Waals surface area contributed by atoms with E-state index in [-0.39, 0.29) is 16.7 Å². The molecule has 0 unspecified atom stereocenters. The van der Waals surface area contributed by atoms with E-state index in [0.29, 0.717) is 17.2 Å². The van der Waals surface area contributed by atoms with Crippen LogP contribution in [0.3, 0.4) is 0 Å². The summed E-state index contributed by atoms with van der Waals surface area (Å²) in [6, 6.07) is 7.23. The molecule has 0 saturated heterocycles. The van der Waals surface area contributed by atoms with Crippen LogP contribution >= 0.6 is 12.2 Å². The quantitative estimate of drug-likeness (QED) is 0.400. The van der Waals surface area contributed by atoms with Crippen molar-refractivity contribution in [3.05, 3.63) is 56.1 Å². The van der Waals surface area contributed by atoms with E-state index in [1.165, 1.54) is 0 Å². The Morgan fingerprint density at radius 1 is 1.31 bits per heavy atom. The number of non-ortho nitro benzene ring substituents is 1. The summed E-state index contributed by atoms with van der Waals surface area (Å²) < 4.78 is 4.30. The highest BCUT2D eigenvalue weighted by Gasteiger charge is 2.28. The lowest BCUT2D eigenvalue weighted by Crippen LogP contribution is -2.33. The number of nitro benzene ring substituents is 1. The van der Waals surface area contributed by atoms with Gasteiger partial charge >= 0.3 is 0 Å². The lowest BCUT2D eigenvalue weighted by Gasteiger charge is -2.25. The van der Waals surface area contributed by atoms with Crippen LogP contribution in [0.4, 0.5) is 11.4 Å². The maximum Gasteiger partial charge on any atom is 0.269 e. The number of benzene rings is 1. The molecule has 0 amide bonds. The molecular formula is C17H18N6O2S. The third-order valence-corrected chi connectivity index (χ3v) is 5.09. The van der Waals surface area contributed by atoms with Gasteiger partial charge in [-0.2, -0.15) is 4.98 Å². The van der Waals surface area contributed by atoms with E-state index >= 15 is 0 Å². The zero-order chi connectivity index (χ0) is 18.6. The van der Waals surface area contributed by atoms with E-state index in [4.69, 9.17) is 12.2 Å². The number of anilines is 1. The number of hydrogen-bond donors (Lipinski definition) is 0. The van der Waals surface area contributed by atoms with Gasteiger partial charge in [-0.1, -0.05) is 0 Å².